The summed E-state index contributed by atoms with van der Waals surface area (Å²) in [5.41, 5.74) is 10.3. The van der Waals surface area contributed by atoms with Crippen molar-refractivity contribution in [1.82, 2.24) is 5.32 Å². The summed E-state index contributed by atoms with van der Waals surface area (Å²) in [5, 5.41) is 3.03. The van der Waals surface area contributed by atoms with Crippen LogP contribution in [0.3, 0.4) is 0 Å². The molecule has 1 amide bonds. The summed E-state index contributed by atoms with van der Waals surface area (Å²) in [6.45, 7) is 8.24. The second-order valence-corrected chi connectivity index (χ2v) is 6.09. The zero-order chi connectivity index (χ0) is 16.3. The van der Waals surface area contributed by atoms with Crippen LogP contribution in [0.15, 0.2) is 42.5 Å². The van der Waals surface area contributed by atoms with Gasteiger partial charge in [-0.2, -0.15) is 0 Å². The van der Waals surface area contributed by atoms with Crippen LogP contribution < -0.4 is 11.1 Å². The number of carbonyl (C=O) groups excluding carboxylic acids is 1. The highest BCUT2D eigenvalue weighted by Crippen LogP contribution is 2.20. The van der Waals surface area contributed by atoms with Gasteiger partial charge in [0.2, 0.25) is 0 Å². The minimum atomic E-state index is -0.0924. The van der Waals surface area contributed by atoms with Crippen LogP contribution in [0.2, 0.25) is 0 Å². The van der Waals surface area contributed by atoms with Crippen LogP contribution >= 0.6 is 0 Å². The zero-order valence-corrected chi connectivity index (χ0v) is 13.7. The maximum atomic E-state index is 12.4. The highest BCUT2D eigenvalue weighted by molar-refractivity contribution is 5.96. The number of carbonyl (C=O) groups is 1. The molecule has 0 aliphatic rings. The third-order valence-electron chi connectivity index (χ3n) is 3.96. The molecular formula is C19H24N2O. The molecule has 2 aromatic carbocycles. The fourth-order valence-electron chi connectivity index (χ4n) is 2.41. The first-order valence-electron chi connectivity index (χ1n) is 7.65. The molecule has 1 atom stereocenters. The molecule has 0 heterocycles. The van der Waals surface area contributed by atoms with Crippen LogP contribution in [-0.4, -0.2) is 5.91 Å². The topological polar surface area (TPSA) is 55.1 Å². The maximum absolute atomic E-state index is 12.4. The average molecular weight is 296 g/mol. The van der Waals surface area contributed by atoms with Gasteiger partial charge in [0.25, 0.3) is 5.91 Å². The summed E-state index contributed by atoms with van der Waals surface area (Å²) in [4.78, 5) is 12.4. The van der Waals surface area contributed by atoms with Gasteiger partial charge in [-0.15, -0.1) is 0 Å². The van der Waals surface area contributed by atoms with Gasteiger partial charge in [-0.3, -0.25) is 4.79 Å². The quantitative estimate of drug-likeness (QED) is 0.831. The van der Waals surface area contributed by atoms with E-state index in [1.807, 2.05) is 19.9 Å². The zero-order valence-electron chi connectivity index (χ0n) is 13.7. The van der Waals surface area contributed by atoms with E-state index < -0.39 is 0 Å². The molecule has 3 nitrogen and oxygen atoms in total. The van der Waals surface area contributed by atoms with Gasteiger partial charge >= 0.3 is 0 Å². The molecule has 0 aliphatic carbocycles. The van der Waals surface area contributed by atoms with E-state index in [1.54, 1.807) is 12.1 Å². The molecule has 0 bridgehead atoms. The Kier molecular flexibility index (Phi) is 4.86. The first kappa shape index (κ1) is 16.1. The Bertz CT molecular complexity index is 660. The van der Waals surface area contributed by atoms with Gasteiger partial charge in [-0.25, -0.2) is 0 Å². The van der Waals surface area contributed by atoms with Crippen molar-refractivity contribution in [2.45, 2.75) is 39.7 Å². The molecular weight excluding hydrogens is 272 g/mol. The van der Waals surface area contributed by atoms with Crippen molar-refractivity contribution in [3.63, 3.8) is 0 Å². The third kappa shape index (κ3) is 3.67. The van der Waals surface area contributed by atoms with Crippen LogP contribution in [0.1, 0.15) is 59.8 Å². The summed E-state index contributed by atoms with van der Waals surface area (Å²) in [5.74, 6) is 0.416. The van der Waals surface area contributed by atoms with Crippen molar-refractivity contribution in [1.29, 1.82) is 0 Å². The molecule has 0 aliphatic heterocycles. The molecule has 0 radical (unpaired) electrons. The summed E-state index contributed by atoms with van der Waals surface area (Å²) >= 11 is 0. The van der Waals surface area contributed by atoms with E-state index >= 15 is 0 Å². The molecule has 3 heteroatoms. The van der Waals surface area contributed by atoms with Gasteiger partial charge in [-0.05, 0) is 48.6 Å². The Hall–Kier alpha value is -2.29. The van der Waals surface area contributed by atoms with Crippen molar-refractivity contribution in [2.24, 2.45) is 0 Å². The van der Waals surface area contributed by atoms with Gasteiger partial charge in [0.15, 0.2) is 0 Å². The molecule has 1 unspecified atom stereocenters. The van der Waals surface area contributed by atoms with E-state index in [2.05, 4.69) is 43.4 Å². The smallest absolute Gasteiger partial charge is 0.252 e. The first-order chi connectivity index (χ1) is 10.4. The monoisotopic (exact) mass is 296 g/mol. The van der Waals surface area contributed by atoms with Gasteiger partial charge in [-0.1, -0.05) is 44.2 Å². The minimum Gasteiger partial charge on any atom is -0.399 e. The number of amides is 1. The lowest BCUT2D eigenvalue weighted by molar-refractivity contribution is 0.0939. The number of hydrogen-bond donors (Lipinski definition) is 2. The minimum absolute atomic E-state index is 0.0467. The first-order valence-corrected chi connectivity index (χ1v) is 7.65. The number of rotatable bonds is 4. The Morgan fingerprint density at radius 3 is 2.18 bits per heavy atom. The fraction of sp³-hybridized carbons (Fsp3) is 0.316. The fourth-order valence-corrected chi connectivity index (χ4v) is 2.41. The molecule has 0 fully saturated rings. The molecule has 22 heavy (non-hydrogen) atoms. The number of nitrogens with one attached hydrogen (secondary N) is 1. The Morgan fingerprint density at radius 2 is 1.59 bits per heavy atom. The molecule has 0 aromatic heterocycles. The molecule has 3 N–H and O–H groups in total. The summed E-state index contributed by atoms with van der Waals surface area (Å²) < 4.78 is 0. The lowest BCUT2D eigenvalue weighted by Gasteiger charge is -2.16. The number of anilines is 1. The van der Waals surface area contributed by atoms with Crippen LogP contribution in [-0.2, 0) is 0 Å². The van der Waals surface area contributed by atoms with Gasteiger partial charge in [0.05, 0.1) is 6.04 Å². The number of aryl methyl sites for hydroxylation is 1. The molecule has 0 saturated heterocycles. The molecule has 116 valence electrons. The molecule has 2 rings (SSSR count). The molecule has 0 saturated carbocycles. The number of hydrogen-bond acceptors (Lipinski definition) is 2. The average Bonchev–Trinajstić information content (AvgIpc) is 2.49. The molecule has 2 aromatic rings. The second-order valence-electron chi connectivity index (χ2n) is 6.09. The highest BCUT2D eigenvalue weighted by Gasteiger charge is 2.14. The number of benzene rings is 2. The lowest BCUT2D eigenvalue weighted by Crippen LogP contribution is -2.27. The SMILES string of the molecule is Cc1ccc(N)cc1C(=O)NC(C)c1ccc(C(C)C)cc1. The van der Waals surface area contributed by atoms with Gasteiger partial charge in [0, 0.05) is 11.3 Å². The van der Waals surface area contributed by atoms with Gasteiger partial charge in [0.1, 0.15) is 0 Å². The highest BCUT2D eigenvalue weighted by atomic mass is 16.1. The lowest BCUT2D eigenvalue weighted by atomic mass is 9.99. The van der Waals surface area contributed by atoms with Crippen molar-refractivity contribution in [2.75, 3.05) is 5.73 Å². The third-order valence-corrected chi connectivity index (χ3v) is 3.96. The largest absolute Gasteiger partial charge is 0.399 e. The molecule has 0 spiro atoms. The van der Waals surface area contributed by atoms with E-state index in [1.165, 1.54) is 5.56 Å². The van der Waals surface area contributed by atoms with Gasteiger partial charge < -0.3 is 11.1 Å². The van der Waals surface area contributed by atoms with Crippen LogP contribution in [0, 0.1) is 6.92 Å². The van der Waals surface area contributed by atoms with Crippen molar-refractivity contribution >= 4 is 11.6 Å². The predicted molar refractivity (Wildman–Crippen MR) is 92.0 cm³/mol. The van der Waals surface area contributed by atoms with Crippen LogP contribution in [0.5, 0.6) is 0 Å². The number of nitrogens with two attached hydrogens (primary N) is 1. The van der Waals surface area contributed by atoms with E-state index in [9.17, 15) is 4.79 Å². The van der Waals surface area contributed by atoms with Crippen LogP contribution in [0.4, 0.5) is 5.69 Å². The Balaban J connectivity index is 2.12. The van der Waals surface area contributed by atoms with Crippen molar-refractivity contribution in [3.8, 4) is 0 Å². The Morgan fingerprint density at radius 1 is 1.00 bits per heavy atom. The second kappa shape index (κ2) is 6.65. The summed E-state index contributed by atoms with van der Waals surface area (Å²) in [6.07, 6.45) is 0. The van der Waals surface area contributed by atoms with E-state index in [0.29, 0.717) is 17.2 Å². The summed E-state index contributed by atoms with van der Waals surface area (Å²) in [6, 6.07) is 13.7. The normalized spacial score (nSPS) is 12.2. The van der Waals surface area contributed by atoms with E-state index in [4.69, 9.17) is 5.73 Å². The number of nitrogen functional groups attached to an aromatic ring is 1. The van der Waals surface area contributed by atoms with Crippen molar-refractivity contribution in [3.05, 3.63) is 64.7 Å². The van der Waals surface area contributed by atoms with Crippen LogP contribution in [0.25, 0.3) is 0 Å². The summed E-state index contributed by atoms with van der Waals surface area (Å²) in [7, 11) is 0. The van der Waals surface area contributed by atoms with Crippen molar-refractivity contribution < 1.29 is 4.79 Å². The maximum Gasteiger partial charge on any atom is 0.252 e. The predicted octanol–water partition coefficient (Wildman–Crippen LogP) is 4.19. The Labute approximate surface area is 132 Å². The van der Waals surface area contributed by atoms with E-state index in [-0.39, 0.29) is 11.9 Å². The van der Waals surface area contributed by atoms with E-state index in [0.717, 1.165) is 11.1 Å². The standard InChI is InChI=1S/C19H24N2O/c1-12(2)15-6-8-16(9-7-15)14(4)21-19(22)18-11-17(20)10-5-13(18)3/h5-12,14H,20H2,1-4H3,(H,21,22).